The molecule has 4 aromatic rings. The van der Waals surface area contributed by atoms with Crippen molar-refractivity contribution in [2.75, 3.05) is 13.1 Å². The largest absolute Gasteiger partial charge is 0.481 e. The van der Waals surface area contributed by atoms with Gasteiger partial charge in [-0.05, 0) is 29.7 Å². The molecule has 0 unspecified atom stereocenters. The first-order valence-corrected chi connectivity index (χ1v) is 14.5. The van der Waals surface area contributed by atoms with Crippen molar-refractivity contribution in [3.8, 4) is 0 Å². The van der Waals surface area contributed by atoms with E-state index in [4.69, 9.17) is 10.8 Å². The molecule has 0 bridgehead atoms. The minimum absolute atomic E-state index is 0.0235. The molecule has 0 radical (unpaired) electrons. The molecule has 3 atom stereocenters. The molecule has 0 aliphatic heterocycles. The van der Waals surface area contributed by atoms with Crippen molar-refractivity contribution in [3.05, 3.63) is 72.1 Å². The summed E-state index contributed by atoms with van der Waals surface area (Å²) in [4.78, 5) is 81.2. The Balaban J connectivity index is 1.57. The maximum absolute atomic E-state index is 13.6. The number of rotatable bonds is 16. The number of carbonyl (C=O) groups is 6. The molecule has 4 amide bonds. The second kappa shape index (κ2) is 15.3. The van der Waals surface area contributed by atoms with Gasteiger partial charge in [-0.1, -0.05) is 36.4 Å². The fourth-order valence-electron chi connectivity index (χ4n) is 5.08. The van der Waals surface area contributed by atoms with E-state index in [-0.39, 0.29) is 19.3 Å². The van der Waals surface area contributed by atoms with Crippen LogP contribution in [0.15, 0.2) is 60.9 Å². The van der Waals surface area contributed by atoms with Gasteiger partial charge in [0.25, 0.3) is 0 Å². The van der Waals surface area contributed by atoms with Crippen molar-refractivity contribution in [1.29, 1.82) is 0 Å². The number of carboxylic acid groups (broad SMARTS) is 2. The van der Waals surface area contributed by atoms with E-state index in [2.05, 4.69) is 31.2 Å². The Morgan fingerprint density at radius 3 is 1.70 bits per heavy atom. The predicted octanol–water partition coefficient (Wildman–Crippen LogP) is -0.0869. The molecule has 2 aromatic carbocycles. The predicted molar refractivity (Wildman–Crippen MR) is 166 cm³/mol. The highest BCUT2D eigenvalue weighted by atomic mass is 16.4. The van der Waals surface area contributed by atoms with Crippen LogP contribution in [0.2, 0.25) is 0 Å². The zero-order valence-corrected chi connectivity index (χ0v) is 24.7. The summed E-state index contributed by atoms with van der Waals surface area (Å²) in [6.07, 6.45) is 2.49. The van der Waals surface area contributed by atoms with E-state index in [1.807, 2.05) is 42.5 Å². The number of hydrogen-bond donors (Lipinski definition) is 9. The molecule has 2 heterocycles. The number of nitrogens with two attached hydrogens (primary N) is 1. The molecule has 0 fully saturated rings. The number of carboxylic acids is 2. The van der Waals surface area contributed by atoms with Crippen molar-refractivity contribution in [2.24, 2.45) is 5.73 Å². The molecule has 46 heavy (non-hydrogen) atoms. The summed E-state index contributed by atoms with van der Waals surface area (Å²) >= 11 is 0. The standard InChI is InChI=1S/C31H35N7O8/c32-13-26(39)36-25(12-18-15-34-22-8-4-2-6-20(18)22)31(46)37-23(9-10-27(40)41)30(45)38-24(29(44)35-16-28(42)43)11-17-14-33-21-7-3-1-5-19(17)21/h1-8,14-15,23-25,33-34H,9-13,16,32H2,(H,35,44)(H,36,39)(H,37,46)(H,38,45)(H,40,41)(H,42,43)/t23-,24-,25-/m0/s1. The normalized spacial score (nSPS) is 13.0. The van der Waals surface area contributed by atoms with Crippen molar-refractivity contribution in [3.63, 3.8) is 0 Å². The number of nitrogens with one attached hydrogen (secondary N) is 6. The van der Waals surface area contributed by atoms with Crippen molar-refractivity contribution < 1.29 is 39.0 Å². The van der Waals surface area contributed by atoms with Gasteiger partial charge < -0.3 is 47.2 Å². The smallest absolute Gasteiger partial charge is 0.322 e. The first kappa shape index (κ1) is 33.2. The second-order valence-electron chi connectivity index (χ2n) is 10.6. The third-order valence-electron chi connectivity index (χ3n) is 7.36. The lowest BCUT2D eigenvalue weighted by atomic mass is 10.0. The maximum Gasteiger partial charge on any atom is 0.322 e. The van der Waals surface area contributed by atoms with Gasteiger partial charge in [-0.15, -0.1) is 0 Å². The Kier molecular flexibility index (Phi) is 11.1. The highest BCUT2D eigenvalue weighted by Gasteiger charge is 2.31. The first-order chi connectivity index (χ1) is 22.0. The molecule has 0 saturated carbocycles. The Hall–Kier alpha value is -5.70. The van der Waals surface area contributed by atoms with Gasteiger partial charge >= 0.3 is 11.9 Å². The third-order valence-corrected chi connectivity index (χ3v) is 7.36. The SMILES string of the molecule is NCC(=O)N[C@@H](Cc1c[nH]c2ccccc12)C(=O)N[C@@H](CCC(=O)O)C(=O)N[C@@H](Cc1c[nH]c2ccccc12)C(=O)NCC(=O)O. The van der Waals surface area contributed by atoms with Gasteiger partial charge in [0.05, 0.1) is 6.54 Å². The van der Waals surface area contributed by atoms with Crippen molar-refractivity contribution in [2.45, 2.75) is 43.8 Å². The molecule has 10 N–H and O–H groups in total. The lowest BCUT2D eigenvalue weighted by Crippen LogP contribution is -2.58. The van der Waals surface area contributed by atoms with Crippen molar-refractivity contribution in [1.82, 2.24) is 31.2 Å². The average molecular weight is 634 g/mol. The quantitative estimate of drug-likeness (QED) is 0.0799. The first-order valence-electron chi connectivity index (χ1n) is 14.5. The fraction of sp³-hybridized carbons (Fsp3) is 0.290. The Labute approximate surface area is 262 Å². The summed E-state index contributed by atoms with van der Waals surface area (Å²) in [7, 11) is 0. The molecule has 0 aliphatic carbocycles. The molecule has 0 saturated heterocycles. The molecular formula is C31H35N7O8. The number of H-pyrrole nitrogens is 2. The van der Waals surface area contributed by atoms with Gasteiger partial charge in [0.2, 0.25) is 23.6 Å². The van der Waals surface area contributed by atoms with Crippen LogP contribution >= 0.6 is 0 Å². The highest BCUT2D eigenvalue weighted by Crippen LogP contribution is 2.21. The van der Waals surface area contributed by atoms with E-state index in [0.29, 0.717) is 11.1 Å². The molecule has 0 spiro atoms. The average Bonchev–Trinajstić information content (AvgIpc) is 3.64. The summed E-state index contributed by atoms with van der Waals surface area (Å²) in [5.74, 6) is -5.59. The van der Waals surface area contributed by atoms with Crippen LogP contribution in [0.25, 0.3) is 21.8 Å². The van der Waals surface area contributed by atoms with Gasteiger partial charge in [0.15, 0.2) is 0 Å². The van der Waals surface area contributed by atoms with Crippen LogP contribution in [0.1, 0.15) is 24.0 Å². The number of aromatic nitrogens is 2. The molecular weight excluding hydrogens is 598 g/mol. The van der Waals surface area contributed by atoms with E-state index in [1.165, 1.54) is 0 Å². The Bertz CT molecular complexity index is 1750. The number of aliphatic carboxylic acids is 2. The van der Waals surface area contributed by atoms with Gasteiger partial charge in [0.1, 0.15) is 24.7 Å². The summed E-state index contributed by atoms with van der Waals surface area (Å²) in [6, 6.07) is 10.7. The number of amides is 4. The minimum atomic E-state index is -1.43. The monoisotopic (exact) mass is 633 g/mol. The molecule has 242 valence electrons. The van der Waals surface area contributed by atoms with Gasteiger partial charge in [-0.3, -0.25) is 28.8 Å². The molecule has 15 heteroatoms. The topological polar surface area (TPSA) is 249 Å². The second-order valence-corrected chi connectivity index (χ2v) is 10.6. The number of benzene rings is 2. The summed E-state index contributed by atoms with van der Waals surface area (Å²) in [6.45, 7) is -1.10. The van der Waals surface area contributed by atoms with Crippen LogP contribution in [0.3, 0.4) is 0 Å². The van der Waals surface area contributed by atoms with Crippen LogP contribution in [0, 0.1) is 0 Å². The van der Waals surface area contributed by atoms with E-state index >= 15 is 0 Å². The summed E-state index contributed by atoms with van der Waals surface area (Å²) in [5.41, 5.74) is 8.42. The van der Waals surface area contributed by atoms with Crippen LogP contribution in [-0.2, 0) is 41.6 Å². The minimum Gasteiger partial charge on any atom is -0.481 e. The fourth-order valence-corrected chi connectivity index (χ4v) is 5.08. The number of para-hydroxylation sites is 2. The number of fused-ring (bicyclic) bond motifs is 2. The van der Waals surface area contributed by atoms with E-state index < -0.39 is 73.2 Å². The van der Waals surface area contributed by atoms with E-state index in [1.54, 1.807) is 18.5 Å². The third kappa shape index (κ3) is 8.69. The molecule has 4 rings (SSSR count). The summed E-state index contributed by atoms with van der Waals surface area (Å²) < 4.78 is 0. The molecule has 15 nitrogen and oxygen atoms in total. The van der Waals surface area contributed by atoms with Gasteiger partial charge in [-0.25, -0.2) is 0 Å². The van der Waals surface area contributed by atoms with Crippen molar-refractivity contribution >= 4 is 57.4 Å². The summed E-state index contributed by atoms with van der Waals surface area (Å²) in [5, 5.41) is 29.9. The molecule has 2 aromatic heterocycles. The van der Waals surface area contributed by atoms with Gasteiger partial charge in [0, 0.05) is 53.5 Å². The van der Waals surface area contributed by atoms with E-state index in [0.717, 1.165) is 21.8 Å². The Morgan fingerprint density at radius 2 is 1.17 bits per heavy atom. The van der Waals surface area contributed by atoms with Gasteiger partial charge in [-0.2, -0.15) is 0 Å². The van der Waals surface area contributed by atoms with E-state index in [9.17, 15) is 33.9 Å². The number of carbonyl (C=O) groups excluding carboxylic acids is 4. The zero-order valence-electron chi connectivity index (χ0n) is 24.7. The highest BCUT2D eigenvalue weighted by molar-refractivity contribution is 5.96. The van der Waals surface area contributed by atoms with Crippen LogP contribution in [-0.4, -0.2) is 87.0 Å². The Morgan fingerprint density at radius 1 is 0.674 bits per heavy atom. The lowest BCUT2D eigenvalue weighted by Gasteiger charge is -2.25. The molecule has 0 aliphatic rings. The lowest BCUT2D eigenvalue weighted by molar-refractivity contribution is -0.138. The van der Waals surface area contributed by atoms with Crippen LogP contribution in [0.4, 0.5) is 0 Å². The van der Waals surface area contributed by atoms with Crippen LogP contribution in [0.5, 0.6) is 0 Å². The zero-order chi connectivity index (χ0) is 33.2. The number of hydrogen-bond acceptors (Lipinski definition) is 7. The van der Waals surface area contributed by atoms with Crippen LogP contribution < -0.4 is 27.0 Å². The number of aromatic amines is 2. The maximum atomic E-state index is 13.6.